The Morgan fingerprint density at radius 1 is 0.978 bits per heavy atom. The number of hydrogen-bond donors (Lipinski definition) is 3. The van der Waals surface area contributed by atoms with Gasteiger partial charge in [-0.25, -0.2) is 18.4 Å². The predicted molar refractivity (Wildman–Crippen MR) is 160 cm³/mol. The number of rotatable bonds is 10. The van der Waals surface area contributed by atoms with Gasteiger partial charge in [0.25, 0.3) is 6.36 Å². The highest BCUT2D eigenvalue weighted by Crippen LogP contribution is 2.37. The number of nitrogens with one attached hydrogen (secondary N) is 3. The number of carbonyl (C=O) groups excluding carboxylic acids is 3. The van der Waals surface area contributed by atoms with E-state index in [2.05, 4.69) is 30.4 Å². The van der Waals surface area contributed by atoms with Crippen molar-refractivity contribution in [2.24, 2.45) is 4.99 Å². The number of nitrogens with zero attached hydrogens (tertiary/aromatic N) is 2. The summed E-state index contributed by atoms with van der Waals surface area (Å²) in [5.74, 6) is -1.53. The van der Waals surface area contributed by atoms with Gasteiger partial charge in [-0.1, -0.05) is 35.5 Å². The second-order valence-electron chi connectivity index (χ2n) is 9.16. The molecule has 1 atom stereocenters. The molecule has 0 radical (unpaired) electrons. The number of anilines is 3. The van der Waals surface area contributed by atoms with E-state index < -0.39 is 48.6 Å². The number of alkyl halides is 6. The first-order valence-corrected chi connectivity index (χ1v) is 14.4. The van der Waals surface area contributed by atoms with Crippen LogP contribution in [0.25, 0.3) is 0 Å². The van der Waals surface area contributed by atoms with Gasteiger partial charge >= 0.3 is 24.9 Å². The number of hydrogen-bond acceptors (Lipinski definition) is 6. The van der Waals surface area contributed by atoms with E-state index in [9.17, 15) is 40.7 Å². The molecule has 3 N–H and O–H groups in total. The molecule has 4 rings (SSSR count). The Morgan fingerprint density at radius 3 is 2.22 bits per heavy atom. The lowest BCUT2D eigenvalue weighted by Gasteiger charge is -2.21. The van der Waals surface area contributed by atoms with Crippen LogP contribution in [0.4, 0.5) is 53.0 Å². The first kappa shape index (κ1) is 34.2. The third kappa shape index (κ3) is 9.93. The molecule has 18 heteroatoms. The van der Waals surface area contributed by atoms with Gasteiger partial charge in [0.1, 0.15) is 11.5 Å². The summed E-state index contributed by atoms with van der Waals surface area (Å²) in [7, 11) is 0. The van der Waals surface area contributed by atoms with Crippen molar-refractivity contribution in [3.63, 3.8) is 0 Å². The molecule has 1 aliphatic rings. The highest BCUT2D eigenvalue weighted by atomic mass is 35.5. The van der Waals surface area contributed by atoms with Gasteiger partial charge in [0.2, 0.25) is 5.91 Å². The average Bonchev–Trinajstić information content (AvgIpc) is 3.34. The van der Waals surface area contributed by atoms with Crippen molar-refractivity contribution in [2.75, 3.05) is 27.8 Å². The van der Waals surface area contributed by atoms with Gasteiger partial charge in [-0.3, -0.25) is 9.69 Å². The summed E-state index contributed by atoms with van der Waals surface area (Å²) in [6.45, 7) is 0.124. The van der Waals surface area contributed by atoms with Crippen LogP contribution in [0.1, 0.15) is 5.56 Å². The Bertz CT molecular complexity index is 1600. The Labute approximate surface area is 266 Å². The number of urea groups is 2. The van der Waals surface area contributed by atoms with Crippen LogP contribution in [0.15, 0.2) is 71.7 Å². The molecule has 1 heterocycles. The van der Waals surface area contributed by atoms with Crippen LogP contribution >= 0.6 is 23.4 Å². The first-order chi connectivity index (χ1) is 21.8. The number of amidine groups is 1. The first-order valence-electron chi connectivity index (χ1n) is 13.0. The minimum absolute atomic E-state index is 0.0956. The molecule has 244 valence electrons. The Morgan fingerprint density at radius 2 is 1.61 bits per heavy atom. The molecule has 5 amide bonds. The van der Waals surface area contributed by atoms with E-state index in [0.717, 1.165) is 40.4 Å². The molecular formula is C28H22ClF6N5O5S. The molecule has 1 saturated heterocycles. The summed E-state index contributed by atoms with van der Waals surface area (Å²) in [6, 6.07) is 13.3. The Kier molecular flexibility index (Phi) is 11.2. The van der Waals surface area contributed by atoms with E-state index in [1.807, 2.05) is 0 Å². The molecule has 0 aromatic heterocycles. The molecule has 3 aromatic rings. The zero-order valence-electron chi connectivity index (χ0n) is 23.1. The smallest absolute Gasteiger partial charge is 0.452 e. The highest BCUT2D eigenvalue weighted by molar-refractivity contribution is 8.15. The number of amides is 5. The van der Waals surface area contributed by atoms with E-state index in [1.165, 1.54) is 24.3 Å². The van der Waals surface area contributed by atoms with Gasteiger partial charge in [-0.2, -0.15) is 9.38 Å². The van der Waals surface area contributed by atoms with Crippen LogP contribution in [0.2, 0.25) is 5.02 Å². The third-order valence-corrected chi connectivity index (χ3v) is 6.97. The number of carbonyl (C=O) groups is 3. The number of ether oxygens (including phenoxy) is 2. The van der Waals surface area contributed by atoms with E-state index in [4.69, 9.17) is 11.6 Å². The predicted octanol–water partition coefficient (Wildman–Crippen LogP) is 7.21. The zero-order valence-corrected chi connectivity index (χ0v) is 24.7. The topological polar surface area (TPSA) is 121 Å². The quantitative estimate of drug-likeness (QED) is 0.194. The van der Waals surface area contributed by atoms with Crippen LogP contribution in [0.3, 0.4) is 0 Å². The lowest BCUT2D eigenvalue weighted by molar-refractivity contribution is -0.274. The maximum Gasteiger partial charge on any atom is 0.573 e. The number of halogens is 7. The summed E-state index contributed by atoms with van der Waals surface area (Å²) in [6.07, 6.45) is -10.9. The number of benzene rings is 3. The fraction of sp³-hybridized carbons (Fsp3) is 0.214. The minimum atomic E-state index is -4.83. The largest absolute Gasteiger partial charge is 0.573 e. The maximum absolute atomic E-state index is 13.6. The molecule has 1 aliphatic heterocycles. The van der Waals surface area contributed by atoms with Crippen molar-refractivity contribution in [1.82, 2.24) is 5.32 Å². The van der Waals surface area contributed by atoms with E-state index in [1.54, 1.807) is 24.3 Å². The van der Waals surface area contributed by atoms with Crippen molar-refractivity contribution in [3.05, 3.63) is 77.3 Å². The molecule has 0 aliphatic carbocycles. The second-order valence-corrected chi connectivity index (χ2v) is 10.5. The Hall–Kier alpha value is -4.64. The molecule has 1 fully saturated rings. The van der Waals surface area contributed by atoms with Crippen molar-refractivity contribution in [1.29, 1.82) is 0 Å². The van der Waals surface area contributed by atoms with Crippen molar-refractivity contribution in [3.8, 4) is 11.5 Å². The summed E-state index contributed by atoms with van der Waals surface area (Å²) >= 11 is 6.89. The molecule has 3 aromatic carbocycles. The fourth-order valence-electron chi connectivity index (χ4n) is 3.85. The fourth-order valence-corrected chi connectivity index (χ4v) is 4.87. The molecule has 1 unspecified atom stereocenters. The molecule has 0 spiro atoms. The minimum Gasteiger partial charge on any atom is -0.452 e. The lowest BCUT2D eigenvalue weighted by atomic mass is 10.1. The van der Waals surface area contributed by atoms with Crippen molar-refractivity contribution >= 4 is 63.6 Å². The summed E-state index contributed by atoms with van der Waals surface area (Å²) in [5, 5.41) is 7.61. The summed E-state index contributed by atoms with van der Waals surface area (Å²) < 4.78 is 84.3. The summed E-state index contributed by atoms with van der Waals surface area (Å²) in [4.78, 5) is 42.1. The van der Waals surface area contributed by atoms with Crippen LogP contribution in [0, 0.1) is 0 Å². The average molecular weight is 690 g/mol. The van der Waals surface area contributed by atoms with Crippen LogP contribution in [0.5, 0.6) is 11.5 Å². The Balaban J connectivity index is 1.29. The lowest BCUT2D eigenvalue weighted by Crippen LogP contribution is -2.32. The van der Waals surface area contributed by atoms with Crippen LogP contribution in [-0.2, 0) is 11.2 Å². The van der Waals surface area contributed by atoms with Gasteiger partial charge in [-0.05, 0) is 66.6 Å². The van der Waals surface area contributed by atoms with Gasteiger partial charge in [-0.15, -0.1) is 13.2 Å². The van der Waals surface area contributed by atoms with E-state index in [0.29, 0.717) is 12.1 Å². The zero-order chi connectivity index (χ0) is 33.4. The SMILES string of the molecule is O=C(N=C1SCC(=O)N1c1cc(Cl)ccc1OC(F)C(F)F)NCCc1ccc(NC(=O)Nc2ccc(OC(F)(F)F)cc2)cc1. The maximum atomic E-state index is 13.6. The number of aliphatic imine (C=N–C) groups is 1. The second kappa shape index (κ2) is 15.1. The molecule has 0 saturated carbocycles. The van der Waals surface area contributed by atoms with E-state index in [-0.39, 0.29) is 33.9 Å². The third-order valence-electron chi connectivity index (χ3n) is 5.81. The van der Waals surface area contributed by atoms with Gasteiger partial charge in [0.15, 0.2) is 5.17 Å². The molecule has 10 nitrogen and oxygen atoms in total. The monoisotopic (exact) mass is 689 g/mol. The highest BCUT2D eigenvalue weighted by Gasteiger charge is 2.34. The van der Waals surface area contributed by atoms with Crippen molar-refractivity contribution < 1.29 is 50.2 Å². The van der Waals surface area contributed by atoms with Gasteiger partial charge in [0.05, 0.1) is 11.4 Å². The van der Waals surface area contributed by atoms with Gasteiger partial charge in [0, 0.05) is 22.9 Å². The molecular weight excluding hydrogens is 668 g/mol. The number of thioether (sulfide) groups is 1. The van der Waals surface area contributed by atoms with Gasteiger partial charge < -0.3 is 25.4 Å². The standard InChI is InChI=1S/C28H22ClF6N5O5S/c29-16-3-10-21(44-24(32)23(30)31)20(13-16)40-22(41)14-46-27(40)39-25(42)36-12-11-15-1-4-17(5-2-15)37-26(43)38-18-6-8-19(9-7-18)45-28(33,34)35/h1-10,13,23-24H,11-12,14H2,(H,36,42)(H2,37,38,43). The molecule has 0 bridgehead atoms. The molecule has 46 heavy (non-hydrogen) atoms. The summed E-state index contributed by atoms with van der Waals surface area (Å²) in [5.41, 5.74) is 1.25. The van der Waals surface area contributed by atoms with Crippen LogP contribution in [-0.4, -0.2) is 54.6 Å². The van der Waals surface area contributed by atoms with Crippen molar-refractivity contribution in [2.45, 2.75) is 25.6 Å². The normalized spacial score (nSPS) is 14.7. The van der Waals surface area contributed by atoms with Crippen LogP contribution < -0.4 is 30.3 Å². The van der Waals surface area contributed by atoms with E-state index >= 15 is 0 Å².